The summed E-state index contributed by atoms with van der Waals surface area (Å²) < 4.78 is 5.41. The molecule has 0 aromatic heterocycles. The van der Waals surface area contributed by atoms with E-state index in [4.69, 9.17) is 4.74 Å². The Morgan fingerprint density at radius 3 is 2.52 bits per heavy atom. The molecule has 2 rings (SSSR count). The van der Waals surface area contributed by atoms with Crippen molar-refractivity contribution in [2.45, 2.75) is 51.2 Å². The molecule has 1 fully saturated rings. The van der Waals surface area contributed by atoms with E-state index in [0.717, 1.165) is 19.7 Å². The summed E-state index contributed by atoms with van der Waals surface area (Å²) in [5, 5.41) is 3.83. The fourth-order valence-electron chi connectivity index (χ4n) is 3.45. The number of benzene rings is 1. The molecule has 21 heavy (non-hydrogen) atoms. The zero-order valence-corrected chi connectivity index (χ0v) is 13.9. The zero-order valence-electron chi connectivity index (χ0n) is 13.9. The molecule has 1 aromatic carbocycles. The van der Waals surface area contributed by atoms with Crippen molar-refractivity contribution < 1.29 is 4.74 Å². The largest absolute Gasteiger partial charge is 0.383 e. The van der Waals surface area contributed by atoms with Gasteiger partial charge in [0.2, 0.25) is 0 Å². The summed E-state index contributed by atoms with van der Waals surface area (Å²) >= 11 is 0. The Hall–Kier alpha value is -0.900. The first-order valence-corrected chi connectivity index (χ1v) is 8.20. The van der Waals surface area contributed by atoms with Crippen LogP contribution in [-0.4, -0.2) is 43.3 Å². The Morgan fingerprint density at radius 1 is 1.29 bits per heavy atom. The van der Waals surface area contributed by atoms with Crippen LogP contribution in [0.5, 0.6) is 0 Å². The van der Waals surface area contributed by atoms with Crippen LogP contribution in [0.3, 0.4) is 0 Å². The monoisotopic (exact) mass is 290 g/mol. The maximum Gasteiger partial charge on any atom is 0.0615 e. The van der Waals surface area contributed by atoms with Crippen LogP contribution in [0.4, 0.5) is 0 Å². The first-order valence-electron chi connectivity index (χ1n) is 8.20. The third-order valence-electron chi connectivity index (χ3n) is 5.07. The molecule has 2 atom stereocenters. The third-order valence-corrected chi connectivity index (χ3v) is 5.07. The van der Waals surface area contributed by atoms with Crippen molar-refractivity contribution >= 4 is 0 Å². The highest BCUT2D eigenvalue weighted by atomic mass is 16.5. The molecule has 3 nitrogen and oxygen atoms in total. The molecule has 1 aliphatic heterocycles. The van der Waals surface area contributed by atoms with Crippen molar-refractivity contribution in [1.29, 1.82) is 0 Å². The second-order valence-corrected chi connectivity index (χ2v) is 6.27. The maximum absolute atomic E-state index is 5.41. The second kappa shape index (κ2) is 7.39. The smallest absolute Gasteiger partial charge is 0.0615 e. The van der Waals surface area contributed by atoms with E-state index in [1.54, 1.807) is 7.11 Å². The van der Waals surface area contributed by atoms with Crippen molar-refractivity contribution in [1.82, 2.24) is 10.2 Å². The van der Waals surface area contributed by atoms with Crippen molar-refractivity contribution in [2.75, 3.05) is 26.8 Å². The van der Waals surface area contributed by atoms with Gasteiger partial charge in [-0.3, -0.25) is 4.90 Å². The number of hydrogen-bond acceptors (Lipinski definition) is 3. The first kappa shape index (κ1) is 16.5. The lowest BCUT2D eigenvalue weighted by molar-refractivity contribution is 0.0108. The van der Waals surface area contributed by atoms with Crippen molar-refractivity contribution in [2.24, 2.45) is 0 Å². The van der Waals surface area contributed by atoms with Crippen LogP contribution < -0.4 is 5.32 Å². The number of nitrogens with zero attached hydrogens (tertiary/aromatic N) is 1. The van der Waals surface area contributed by atoms with E-state index >= 15 is 0 Å². The summed E-state index contributed by atoms with van der Waals surface area (Å²) in [6.45, 7) is 9.74. The molecule has 1 saturated heterocycles. The molecule has 0 saturated carbocycles. The van der Waals surface area contributed by atoms with Gasteiger partial charge in [-0.15, -0.1) is 0 Å². The fourth-order valence-corrected chi connectivity index (χ4v) is 3.45. The minimum Gasteiger partial charge on any atom is -0.383 e. The van der Waals surface area contributed by atoms with Gasteiger partial charge in [0.25, 0.3) is 0 Å². The van der Waals surface area contributed by atoms with Gasteiger partial charge in [0.05, 0.1) is 6.61 Å². The van der Waals surface area contributed by atoms with Crippen molar-refractivity contribution in [3.8, 4) is 0 Å². The van der Waals surface area contributed by atoms with Gasteiger partial charge in [-0.25, -0.2) is 0 Å². The Morgan fingerprint density at radius 2 is 1.95 bits per heavy atom. The number of rotatable bonds is 6. The van der Waals surface area contributed by atoms with Gasteiger partial charge in [0, 0.05) is 37.8 Å². The lowest BCUT2D eigenvalue weighted by atomic mass is 9.86. The van der Waals surface area contributed by atoms with Gasteiger partial charge >= 0.3 is 0 Å². The topological polar surface area (TPSA) is 24.5 Å². The van der Waals surface area contributed by atoms with Gasteiger partial charge in [-0.2, -0.15) is 0 Å². The molecule has 1 N–H and O–H groups in total. The second-order valence-electron chi connectivity index (χ2n) is 6.27. The maximum atomic E-state index is 5.41. The van der Waals surface area contributed by atoms with Gasteiger partial charge in [0.1, 0.15) is 0 Å². The quantitative estimate of drug-likeness (QED) is 0.870. The highest BCUT2D eigenvalue weighted by Gasteiger charge is 2.39. The summed E-state index contributed by atoms with van der Waals surface area (Å²) in [6.07, 6.45) is 2.34. The molecule has 3 heteroatoms. The number of ether oxygens (including phenoxy) is 1. The van der Waals surface area contributed by atoms with Crippen LogP contribution >= 0.6 is 0 Å². The lowest BCUT2D eigenvalue weighted by Crippen LogP contribution is -2.62. The van der Waals surface area contributed by atoms with Crippen LogP contribution in [0.25, 0.3) is 0 Å². The van der Waals surface area contributed by atoms with Gasteiger partial charge in [0.15, 0.2) is 0 Å². The molecule has 1 heterocycles. The van der Waals surface area contributed by atoms with Crippen molar-refractivity contribution in [3.05, 3.63) is 35.9 Å². The van der Waals surface area contributed by atoms with Crippen molar-refractivity contribution in [3.63, 3.8) is 0 Å². The molecular formula is C18H30N2O. The van der Waals surface area contributed by atoms with Crippen LogP contribution in [0, 0.1) is 0 Å². The summed E-state index contributed by atoms with van der Waals surface area (Å²) in [7, 11) is 1.79. The number of nitrogens with one attached hydrogen (secondary N) is 1. The normalized spacial score (nSPS) is 23.9. The van der Waals surface area contributed by atoms with E-state index in [9.17, 15) is 0 Å². The highest BCUT2D eigenvalue weighted by molar-refractivity contribution is 5.21. The van der Waals surface area contributed by atoms with Crippen LogP contribution in [0.1, 0.15) is 45.2 Å². The predicted molar refractivity (Wildman–Crippen MR) is 88.5 cm³/mol. The molecule has 0 spiro atoms. The molecule has 0 amide bonds. The lowest BCUT2D eigenvalue weighted by Gasteiger charge is -2.50. The van der Waals surface area contributed by atoms with Gasteiger partial charge in [-0.1, -0.05) is 44.2 Å². The standard InChI is InChI=1S/C18H30N2O/c1-5-18(6-2)14-20(15(3)13-21-4)17(12-19-18)16-10-8-7-9-11-16/h7-11,15,17,19H,5-6,12-14H2,1-4H3. The van der Waals surface area contributed by atoms with Gasteiger partial charge < -0.3 is 10.1 Å². The molecule has 1 aliphatic rings. The zero-order chi connectivity index (χ0) is 15.3. The molecule has 0 radical (unpaired) electrons. The summed E-state index contributed by atoms with van der Waals surface area (Å²) in [4.78, 5) is 2.63. The first-order chi connectivity index (χ1) is 10.2. The Bertz CT molecular complexity index is 416. The van der Waals surface area contributed by atoms with Crippen LogP contribution in [-0.2, 0) is 4.74 Å². The summed E-state index contributed by atoms with van der Waals surface area (Å²) in [5.74, 6) is 0. The van der Waals surface area contributed by atoms with Crippen LogP contribution in [0.15, 0.2) is 30.3 Å². The summed E-state index contributed by atoms with van der Waals surface area (Å²) in [6, 6.07) is 11.7. The number of hydrogen-bond donors (Lipinski definition) is 1. The van der Waals surface area contributed by atoms with E-state index in [0.29, 0.717) is 12.1 Å². The average Bonchev–Trinajstić information content (AvgIpc) is 2.55. The predicted octanol–water partition coefficient (Wildman–Crippen LogP) is 3.23. The Balaban J connectivity index is 2.24. The molecule has 0 aliphatic carbocycles. The SMILES string of the molecule is CCC1(CC)CN(C(C)COC)C(c2ccccc2)CN1. The third kappa shape index (κ3) is 3.65. The average molecular weight is 290 g/mol. The van der Waals surface area contributed by atoms with Gasteiger partial charge in [-0.05, 0) is 25.3 Å². The molecule has 1 aromatic rings. The molecular weight excluding hydrogens is 260 g/mol. The number of piperazine rings is 1. The Kier molecular flexibility index (Phi) is 5.80. The van der Waals surface area contributed by atoms with E-state index < -0.39 is 0 Å². The highest BCUT2D eigenvalue weighted by Crippen LogP contribution is 2.32. The minimum atomic E-state index is 0.243. The van der Waals surface area contributed by atoms with E-state index in [1.165, 1.54) is 18.4 Å². The van der Waals surface area contributed by atoms with E-state index in [1.807, 2.05) is 0 Å². The van der Waals surface area contributed by atoms with E-state index in [-0.39, 0.29) is 5.54 Å². The summed E-state index contributed by atoms with van der Waals surface area (Å²) in [5.41, 5.74) is 1.64. The van der Waals surface area contributed by atoms with E-state index in [2.05, 4.69) is 61.3 Å². The molecule has 118 valence electrons. The molecule has 0 bridgehead atoms. The molecule has 2 unspecified atom stereocenters. The number of methoxy groups -OCH3 is 1. The minimum absolute atomic E-state index is 0.243. The van der Waals surface area contributed by atoms with Crippen LogP contribution in [0.2, 0.25) is 0 Å². The fraction of sp³-hybridized carbons (Fsp3) is 0.667. The Labute approximate surface area is 129 Å².